The molecule has 4 aromatic carbocycles. The molecule has 0 aliphatic carbocycles. The molecule has 2 N–H and O–H groups in total. The lowest BCUT2D eigenvalue weighted by molar-refractivity contribution is 0.386. The molecule has 0 bridgehead atoms. The lowest BCUT2D eigenvalue weighted by Crippen LogP contribution is -2.07. The molecule has 0 saturated carbocycles. The first kappa shape index (κ1) is 16.8. The highest BCUT2D eigenvalue weighted by Crippen LogP contribution is 2.41. The van der Waals surface area contributed by atoms with E-state index in [2.05, 4.69) is 8.37 Å². The molecule has 134 valence electrons. The molecule has 0 saturated heterocycles. The summed E-state index contributed by atoms with van der Waals surface area (Å²) in [5.74, 6) is -0.147. The normalized spacial score (nSPS) is 12.8. The molecule has 0 fully saturated rings. The van der Waals surface area contributed by atoms with Gasteiger partial charge in [-0.1, -0.05) is 24.3 Å². The molecule has 0 amide bonds. The highest BCUT2D eigenvalue weighted by molar-refractivity contribution is 7.81. The van der Waals surface area contributed by atoms with E-state index in [0.29, 0.717) is 21.5 Å². The molecule has 10 heteroatoms. The van der Waals surface area contributed by atoms with E-state index in [1.165, 1.54) is 12.1 Å². The standard InChI is InChI=1S/C16H10O8S2/c17-25(18,19)23-13-8-4-10-2-6-12-14(24-26(20,21)22)7-3-9-1-5-11(13)16(10)15(9)12/h1-8H,(H,17,18,19)(H,20,21,22). The third-order valence-electron chi connectivity index (χ3n) is 3.97. The second kappa shape index (κ2) is 5.42. The van der Waals surface area contributed by atoms with Gasteiger partial charge in [0.05, 0.1) is 0 Å². The first-order valence-electron chi connectivity index (χ1n) is 7.17. The van der Waals surface area contributed by atoms with E-state index >= 15 is 0 Å². The highest BCUT2D eigenvalue weighted by atomic mass is 32.3. The van der Waals surface area contributed by atoms with Crippen molar-refractivity contribution in [1.29, 1.82) is 0 Å². The Kier molecular flexibility index (Phi) is 3.50. The average Bonchev–Trinajstić information content (AvgIpc) is 2.52. The summed E-state index contributed by atoms with van der Waals surface area (Å²) < 4.78 is 71.6. The van der Waals surface area contributed by atoms with Gasteiger partial charge in [0, 0.05) is 21.5 Å². The van der Waals surface area contributed by atoms with Crippen molar-refractivity contribution in [1.82, 2.24) is 0 Å². The summed E-state index contributed by atoms with van der Waals surface area (Å²) in [7, 11) is -9.43. The number of hydrogen-bond acceptors (Lipinski definition) is 6. The van der Waals surface area contributed by atoms with Gasteiger partial charge in [-0.3, -0.25) is 9.11 Å². The molecule has 0 aliphatic rings. The van der Waals surface area contributed by atoms with Crippen LogP contribution in [0.25, 0.3) is 32.3 Å². The van der Waals surface area contributed by atoms with Crippen molar-refractivity contribution < 1.29 is 34.3 Å². The van der Waals surface area contributed by atoms with Gasteiger partial charge in [-0.05, 0) is 35.0 Å². The zero-order valence-corrected chi connectivity index (χ0v) is 14.4. The summed E-state index contributed by atoms with van der Waals surface area (Å²) in [6.07, 6.45) is 0. The minimum atomic E-state index is -4.71. The van der Waals surface area contributed by atoms with Crippen LogP contribution in [0, 0.1) is 0 Å². The lowest BCUT2D eigenvalue weighted by Gasteiger charge is -2.15. The van der Waals surface area contributed by atoms with E-state index in [1.54, 1.807) is 36.4 Å². The third kappa shape index (κ3) is 2.88. The largest absolute Gasteiger partial charge is 0.446 e. The van der Waals surface area contributed by atoms with Gasteiger partial charge in [0.2, 0.25) is 0 Å². The summed E-state index contributed by atoms with van der Waals surface area (Å²) in [4.78, 5) is 0. The van der Waals surface area contributed by atoms with Crippen molar-refractivity contribution in [2.24, 2.45) is 0 Å². The van der Waals surface area contributed by atoms with Crippen molar-refractivity contribution in [2.75, 3.05) is 0 Å². The van der Waals surface area contributed by atoms with Gasteiger partial charge in [-0.25, -0.2) is 0 Å². The Morgan fingerprint density at radius 2 is 0.923 bits per heavy atom. The summed E-state index contributed by atoms with van der Waals surface area (Å²) in [5.41, 5.74) is 0. The van der Waals surface area contributed by atoms with Crippen LogP contribution >= 0.6 is 0 Å². The quantitative estimate of drug-likeness (QED) is 0.399. The Labute approximate surface area is 147 Å². The highest BCUT2D eigenvalue weighted by Gasteiger charge is 2.18. The fourth-order valence-corrected chi connectivity index (χ4v) is 3.86. The van der Waals surface area contributed by atoms with Gasteiger partial charge in [0.1, 0.15) is 0 Å². The predicted molar refractivity (Wildman–Crippen MR) is 94.5 cm³/mol. The van der Waals surface area contributed by atoms with Crippen LogP contribution in [0.15, 0.2) is 48.5 Å². The molecule has 0 unspecified atom stereocenters. The van der Waals surface area contributed by atoms with Crippen molar-refractivity contribution in [3.8, 4) is 11.5 Å². The maximum absolute atomic E-state index is 11.1. The van der Waals surface area contributed by atoms with Gasteiger partial charge in [-0.2, -0.15) is 16.8 Å². The number of rotatable bonds is 4. The maximum Gasteiger partial charge on any atom is 0.446 e. The molecule has 26 heavy (non-hydrogen) atoms. The number of hydrogen-bond donors (Lipinski definition) is 2. The van der Waals surface area contributed by atoms with E-state index in [9.17, 15) is 16.8 Å². The van der Waals surface area contributed by atoms with Gasteiger partial charge in [-0.15, -0.1) is 0 Å². The van der Waals surface area contributed by atoms with Gasteiger partial charge < -0.3 is 8.37 Å². The fraction of sp³-hybridized carbons (Fsp3) is 0. The van der Waals surface area contributed by atoms with Crippen molar-refractivity contribution in [2.45, 2.75) is 0 Å². The van der Waals surface area contributed by atoms with Crippen LogP contribution in [-0.2, 0) is 20.8 Å². The molecule has 0 heterocycles. The monoisotopic (exact) mass is 394 g/mol. The molecule has 4 rings (SSSR count). The smallest absolute Gasteiger partial charge is 0.361 e. The third-order valence-corrected chi connectivity index (χ3v) is 4.76. The lowest BCUT2D eigenvalue weighted by atomic mass is 9.93. The Morgan fingerprint density at radius 1 is 0.577 bits per heavy atom. The van der Waals surface area contributed by atoms with E-state index < -0.39 is 20.8 Å². The first-order valence-corrected chi connectivity index (χ1v) is 9.90. The minimum absolute atomic E-state index is 0.0736. The van der Waals surface area contributed by atoms with E-state index in [1.807, 2.05) is 0 Å². The van der Waals surface area contributed by atoms with Crippen LogP contribution in [0.2, 0.25) is 0 Å². The van der Waals surface area contributed by atoms with Crippen molar-refractivity contribution >= 4 is 53.1 Å². The van der Waals surface area contributed by atoms with E-state index in [4.69, 9.17) is 9.11 Å². The van der Waals surface area contributed by atoms with Gasteiger partial charge in [0.15, 0.2) is 11.5 Å². The maximum atomic E-state index is 11.1. The van der Waals surface area contributed by atoms with E-state index in [-0.39, 0.29) is 11.5 Å². The Morgan fingerprint density at radius 3 is 1.27 bits per heavy atom. The second-order valence-corrected chi connectivity index (χ2v) is 7.62. The summed E-state index contributed by atoms with van der Waals surface area (Å²) in [5, 5.41) is 3.49. The molecule has 0 spiro atoms. The Hall–Kier alpha value is -2.66. The van der Waals surface area contributed by atoms with Crippen molar-refractivity contribution in [3.63, 3.8) is 0 Å². The predicted octanol–water partition coefficient (Wildman–Crippen LogP) is 2.95. The summed E-state index contributed by atoms with van der Waals surface area (Å²) in [6.45, 7) is 0. The second-order valence-electron chi connectivity index (χ2n) is 5.57. The Bertz CT molecular complexity index is 1270. The summed E-state index contributed by atoms with van der Waals surface area (Å²) in [6, 6.07) is 12.7. The zero-order valence-electron chi connectivity index (χ0n) is 12.8. The Balaban J connectivity index is 2.12. The first-order chi connectivity index (χ1) is 12.1. The van der Waals surface area contributed by atoms with E-state index in [0.717, 1.165) is 10.8 Å². The van der Waals surface area contributed by atoms with Crippen LogP contribution < -0.4 is 8.37 Å². The zero-order chi connectivity index (χ0) is 18.7. The molecular weight excluding hydrogens is 384 g/mol. The van der Waals surface area contributed by atoms with Gasteiger partial charge >= 0.3 is 20.8 Å². The molecule has 0 aliphatic heterocycles. The van der Waals surface area contributed by atoms with Gasteiger partial charge in [0.25, 0.3) is 0 Å². The van der Waals surface area contributed by atoms with Crippen LogP contribution in [-0.4, -0.2) is 25.9 Å². The number of benzene rings is 4. The molecule has 0 aromatic heterocycles. The fourth-order valence-electron chi connectivity index (χ4n) is 3.12. The SMILES string of the molecule is O=S(=O)(O)Oc1ccc2ccc3c(OS(=O)(=O)O)ccc4ccc1c2c43. The molecule has 8 nitrogen and oxygen atoms in total. The van der Waals surface area contributed by atoms with Crippen LogP contribution in [0.5, 0.6) is 11.5 Å². The molecule has 4 aromatic rings. The average molecular weight is 394 g/mol. The van der Waals surface area contributed by atoms with Crippen LogP contribution in [0.4, 0.5) is 0 Å². The van der Waals surface area contributed by atoms with Crippen molar-refractivity contribution in [3.05, 3.63) is 48.5 Å². The molecule has 0 atom stereocenters. The molecular formula is C16H10O8S2. The summed E-state index contributed by atoms with van der Waals surface area (Å²) >= 11 is 0. The minimum Gasteiger partial charge on any atom is -0.361 e. The van der Waals surface area contributed by atoms with Crippen LogP contribution in [0.1, 0.15) is 0 Å². The topological polar surface area (TPSA) is 127 Å². The molecule has 0 radical (unpaired) electrons. The van der Waals surface area contributed by atoms with Crippen LogP contribution in [0.3, 0.4) is 0 Å².